The minimum atomic E-state index is -1.32. The zero-order chi connectivity index (χ0) is 22.7. The molecule has 4 rings (SSSR count). The van der Waals surface area contributed by atoms with E-state index in [1.54, 1.807) is 7.11 Å². The first-order chi connectivity index (χ1) is 15.5. The molecule has 0 saturated carbocycles. The molecule has 2 aromatic rings. The number of rotatable bonds is 8. The second-order valence-corrected chi connectivity index (χ2v) is 9.58. The van der Waals surface area contributed by atoms with Crippen LogP contribution < -0.4 is 14.2 Å². The van der Waals surface area contributed by atoms with Gasteiger partial charge in [-0.05, 0) is 35.4 Å². The van der Waals surface area contributed by atoms with E-state index in [-0.39, 0.29) is 18.8 Å². The SMILES string of the molecule is CCS(=O)CCN1C[C@H](c2ccc3c(c2)OCO3)[C@H](OC(=O)O)[C@H]1c1ccc(OC)cc1. The lowest BCUT2D eigenvalue weighted by atomic mass is 9.90. The maximum Gasteiger partial charge on any atom is 0.506 e. The van der Waals surface area contributed by atoms with Crippen LogP contribution in [0.5, 0.6) is 17.2 Å². The van der Waals surface area contributed by atoms with Gasteiger partial charge >= 0.3 is 6.16 Å². The van der Waals surface area contributed by atoms with Crippen LogP contribution in [0.15, 0.2) is 42.5 Å². The highest BCUT2D eigenvalue weighted by Crippen LogP contribution is 2.45. The molecule has 1 unspecified atom stereocenters. The number of likely N-dealkylation sites (tertiary alicyclic amines) is 1. The molecule has 0 aliphatic carbocycles. The summed E-state index contributed by atoms with van der Waals surface area (Å²) in [6.07, 6.45) is -1.96. The molecule has 1 saturated heterocycles. The Hall–Kier alpha value is -2.78. The predicted octanol–water partition coefficient (Wildman–Crippen LogP) is 3.40. The Morgan fingerprint density at radius 3 is 2.56 bits per heavy atom. The number of carbonyl (C=O) groups is 1. The number of nitrogens with zero attached hydrogens (tertiary/aromatic N) is 1. The molecule has 0 aromatic heterocycles. The van der Waals surface area contributed by atoms with Crippen molar-refractivity contribution in [1.82, 2.24) is 4.90 Å². The topological polar surface area (TPSA) is 94.5 Å². The standard InChI is InChI=1S/C23H27NO7S/c1-3-32(27)11-10-24-13-18(16-6-9-19-20(12-16)30-14-29-19)22(31-23(25)26)21(24)15-4-7-17(28-2)8-5-15/h4-9,12,18,21-22H,3,10-11,13-14H2,1-2H3,(H,25,26)/t18-,21-,22+,32?/m1/s1. The van der Waals surface area contributed by atoms with Gasteiger partial charge in [0, 0.05) is 41.3 Å². The highest BCUT2D eigenvalue weighted by atomic mass is 32.2. The quantitative estimate of drug-likeness (QED) is 0.598. The average Bonchev–Trinajstić information content (AvgIpc) is 3.41. The molecule has 0 amide bonds. The first-order valence-corrected chi connectivity index (χ1v) is 12.0. The molecule has 0 bridgehead atoms. The normalized spacial score (nSPS) is 23.1. The molecule has 2 aromatic carbocycles. The summed E-state index contributed by atoms with van der Waals surface area (Å²) in [7, 11) is 0.668. The van der Waals surface area contributed by atoms with Crippen molar-refractivity contribution in [1.29, 1.82) is 0 Å². The van der Waals surface area contributed by atoms with Crippen LogP contribution in [0.2, 0.25) is 0 Å². The number of hydrogen-bond acceptors (Lipinski definition) is 7. The van der Waals surface area contributed by atoms with Crippen LogP contribution in [-0.4, -0.2) is 65.0 Å². The first-order valence-electron chi connectivity index (χ1n) is 10.5. The second-order valence-electron chi connectivity index (χ2n) is 7.71. The van der Waals surface area contributed by atoms with Crippen LogP contribution in [0.4, 0.5) is 4.79 Å². The average molecular weight is 462 g/mol. The molecule has 9 heteroatoms. The van der Waals surface area contributed by atoms with E-state index in [9.17, 15) is 14.1 Å². The minimum absolute atomic E-state index is 0.169. The molecule has 8 nitrogen and oxygen atoms in total. The summed E-state index contributed by atoms with van der Waals surface area (Å²) in [5.41, 5.74) is 1.83. The van der Waals surface area contributed by atoms with Gasteiger partial charge in [-0.3, -0.25) is 9.11 Å². The lowest BCUT2D eigenvalue weighted by Crippen LogP contribution is -2.33. The first kappa shape index (κ1) is 22.4. The molecule has 1 fully saturated rings. The number of carboxylic acid groups (broad SMARTS) is 1. The Kier molecular flexibility index (Phi) is 6.86. The number of ether oxygens (including phenoxy) is 4. The van der Waals surface area contributed by atoms with Crippen LogP contribution >= 0.6 is 0 Å². The Bertz CT molecular complexity index is 981. The summed E-state index contributed by atoms with van der Waals surface area (Å²) in [4.78, 5) is 13.8. The summed E-state index contributed by atoms with van der Waals surface area (Å²) in [5, 5.41) is 9.53. The van der Waals surface area contributed by atoms with Gasteiger partial charge in [-0.1, -0.05) is 25.1 Å². The lowest BCUT2D eigenvalue weighted by Gasteiger charge is -2.28. The van der Waals surface area contributed by atoms with Crippen LogP contribution in [0.3, 0.4) is 0 Å². The van der Waals surface area contributed by atoms with E-state index in [1.165, 1.54) is 0 Å². The molecular weight excluding hydrogens is 434 g/mol. The van der Waals surface area contributed by atoms with Gasteiger partial charge in [-0.2, -0.15) is 0 Å². The van der Waals surface area contributed by atoms with Crippen molar-refractivity contribution in [3.63, 3.8) is 0 Å². The molecule has 2 aliphatic rings. The second kappa shape index (κ2) is 9.79. The van der Waals surface area contributed by atoms with Crippen LogP contribution in [0.25, 0.3) is 0 Å². The van der Waals surface area contributed by atoms with Crippen molar-refractivity contribution < 1.29 is 33.1 Å². The minimum Gasteiger partial charge on any atom is -0.497 e. The third-order valence-corrected chi connectivity index (χ3v) is 7.26. The third-order valence-electron chi connectivity index (χ3n) is 5.98. The lowest BCUT2D eigenvalue weighted by molar-refractivity contribution is 0.0292. The van der Waals surface area contributed by atoms with Crippen LogP contribution in [-0.2, 0) is 15.5 Å². The smallest absolute Gasteiger partial charge is 0.497 e. The Labute approximate surface area is 189 Å². The predicted molar refractivity (Wildman–Crippen MR) is 119 cm³/mol. The monoisotopic (exact) mass is 461 g/mol. The molecule has 0 radical (unpaired) electrons. The number of methoxy groups -OCH3 is 1. The van der Waals surface area contributed by atoms with Gasteiger partial charge in [0.1, 0.15) is 11.9 Å². The Morgan fingerprint density at radius 1 is 1.16 bits per heavy atom. The third kappa shape index (κ3) is 4.68. The maximum atomic E-state index is 12.1. The van der Waals surface area contributed by atoms with E-state index in [0.29, 0.717) is 41.8 Å². The molecule has 2 aliphatic heterocycles. The van der Waals surface area contributed by atoms with E-state index in [2.05, 4.69) is 4.90 Å². The summed E-state index contributed by atoms with van der Waals surface area (Å²) < 4.78 is 33.8. The number of fused-ring (bicyclic) bond motifs is 1. The summed E-state index contributed by atoms with van der Waals surface area (Å²) in [6.45, 7) is 3.20. The zero-order valence-electron chi connectivity index (χ0n) is 18.1. The number of benzene rings is 2. The van der Waals surface area contributed by atoms with Crippen LogP contribution in [0.1, 0.15) is 30.0 Å². The fourth-order valence-corrected chi connectivity index (χ4v) is 5.12. The summed E-state index contributed by atoms with van der Waals surface area (Å²) in [6, 6.07) is 12.9. The maximum absolute atomic E-state index is 12.1. The number of hydrogen-bond donors (Lipinski definition) is 1. The van der Waals surface area contributed by atoms with Crippen molar-refractivity contribution in [2.45, 2.75) is 25.0 Å². The molecular formula is C23H27NO7S. The van der Waals surface area contributed by atoms with Crippen molar-refractivity contribution in [3.8, 4) is 17.2 Å². The van der Waals surface area contributed by atoms with Crippen molar-refractivity contribution in [3.05, 3.63) is 53.6 Å². The van der Waals surface area contributed by atoms with Crippen molar-refractivity contribution in [2.24, 2.45) is 0 Å². The highest BCUT2D eigenvalue weighted by Gasteiger charge is 2.46. The molecule has 2 heterocycles. The summed E-state index contributed by atoms with van der Waals surface area (Å²) in [5.74, 6) is 2.90. The van der Waals surface area contributed by atoms with Gasteiger partial charge in [0.25, 0.3) is 0 Å². The molecule has 32 heavy (non-hydrogen) atoms. The zero-order valence-corrected chi connectivity index (χ0v) is 18.9. The van der Waals surface area contributed by atoms with E-state index in [1.807, 2.05) is 49.4 Å². The molecule has 0 spiro atoms. The molecule has 172 valence electrons. The van der Waals surface area contributed by atoms with Gasteiger partial charge in [-0.15, -0.1) is 0 Å². The van der Waals surface area contributed by atoms with Gasteiger partial charge in [0.05, 0.1) is 13.2 Å². The highest BCUT2D eigenvalue weighted by molar-refractivity contribution is 7.84. The summed E-state index contributed by atoms with van der Waals surface area (Å²) >= 11 is 0. The van der Waals surface area contributed by atoms with Crippen molar-refractivity contribution in [2.75, 3.05) is 38.5 Å². The van der Waals surface area contributed by atoms with Gasteiger partial charge in [0.15, 0.2) is 11.5 Å². The van der Waals surface area contributed by atoms with Crippen molar-refractivity contribution >= 4 is 17.0 Å². The largest absolute Gasteiger partial charge is 0.506 e. The van der Waals surface area contributed by atoms with E-state index in [4.69, 9.17) is 18.9 Å². The molecule has 4 atom stereocenters. The van der Waals surface area contributed by atoms with Gasteiger partial charge < -0.3 is 24.1 Å². The van der Waals surface area contributed by atoms with Gasteiger partial charge in [-0.25, -0.2) is 4.79 Å². The molecule has 1 N–H and O–H groups in total. The van der Waals surface area contributed by atoms with E-state index in [0.717, 1.165) is 11.1 Å². The Balaban J connectivity index is 1.70. The fraction of sp³-hybridized carbons (Fsp3) is 0.435. The Morgan fingerprint density at radius 2 is 1.88 bits per heavy atom. The van der Waals surface area contributed by atoms with Crippen LogP contribution in [0, 0.1) is 0 Å². The van der Waals surface area contributed by atoms with E-state index >= 15 is 0 Å². The van der Waals surface area contributed by atoms with Gasteiger partial charge in [0.2, 0.25) is 6.79 Å². The fourth-order valence-electron chi connectivity index (χ4n) is 4.40. The van der Waals surface area contributed by atoms with E-state index < -0.39 is 23.1 Å².